The van der Waals surface area contributed by atoms with Crippen LogP contribution in [0.5, 0.6) is 17.2 Å². The van der Waals surface area contributed by atoms with E-state index in [2.05, 4.69) is 5.32 Å². The predicted octanol–water partition coefficient (Wildman–Crippen LogP) is 3.72. The van der Waals surface area contributed by atoms with Crippen LogP contribution in [0.15, 0.2) is 36.4 Å². The zero-order valence-electron chi connectivity index (χ0n) is 14.8. The Bertz CT molecular complexity index is 704. The summed E-state index contributed by atoms with van der Waals surface area (Å²) in [6, 6.07) is 10.3. The molecule has 0 bridgehead atoms. The molecule has 0 aliphatic carbocycles. The Labute approximate surface area is 147 Å². The molecule has 0 radical (unpaired) electrons. The third-order valence-corrected chi connectivity index (χ3v) is 3.32. The van der Waals surface area contributed by atoms with Gasteiger partial charge in [0.2, 0.25) is 5.75 Å². The van der Waals surface area contributed by atoms with Crippen molar-refractivity contribution in [2.45, 2.75) is 20.8 Å². The Kier molecular flexibility index (Phi) is 6.51. The lowest BCUT2D eigenvalue weighted by atomic mass is 10.1. The van der Waals surface area contributed by atoms with E-state index in [1.54, 1.807) is 36.4 Å². The van der Waals surface area contributed by atoms with Crippen LogP contribution in [0.25, 0.3) is 0 Å². The summed E-state index contributed by atoms with van der Waals surface area (Å²) >= 11 is 0. The number of nitrogens with two attached hydrogens (primary N) is 1. The molecule has 25 heavy (non-hydrogen) atoms. The van der Waals surface area contributed by atoms with Gasteiger partial charge in [-0.25, -0.2) is 0 Å². The highest BCUT2D eigenvalue weighted by atomic mass is 16.5. The highest BCUT2D eigenvalue weighted by Crippen LogP contribution is 2.39. The Morgan fingerprint density at radius 2 is 1.56 bits per heavy atom. The maximum atomic E-state index is 12.6. The largest absolute Gasteiger partial charge is 0.490 e. The molecule has 2 aromatic carbocycles. The zero-order valence-corrected chi connectivity index (χ0v) is 14.8. The van der Waals surface area contributed by atoms with Crippen molar-refractivity contribution in [1.82, 2.24) is 0 Å². The van der Waals surface area contributed by atoms with Crippen LogP contribution in [0.4, 0.5) is 11.4 Å². The van der Waals surface area contributed by atoms with Crippen LogP contribution in [0, 0.1) is 0 Å². The summed E-state index contributed by atoms with van der Waals surface area (Å²) < 4.78 is 16.9. The van der Waals surface area contributed by atoms with Gasteiger partial charge in [0.05, 0.1) is 19.8 Å². The first-order valence-corrected chi connectivity index (χ1v) is 8.32. The van der Waals surface area contributed by atoms with Gasteiger partial charge in [-0.05, 0) is 51.1 Å². The number of hydrogen-bond acceptors (Lipinski definition) is 5. The van der Waals surface area contributed by atoms with Crippen molar-refractivity contribution in [1.29, 1.82) is 0 Å². The molecule has 1 amide bonds. The molecule has 6 nitrogen and oxygen atoms in total. The minimum atomic E-state index is -0.282. The van der Waals surface area contributed by atoms with E-state index in [-0.39, 0.29) is 5.91 Å². The van der Waals surface area contributed by atoms with Gasteiger partial charge in [0.15, 0.2) is 11.5 Å². The van der Waals surface area contributed by atoms with E-state index in [0.29, 0.717) is 54.0 Å². The first-order valence-electron chi connectivity index (χ1n) is 8.32. The van der Waals surface area contributed by atoms with E-state index in [0.717, 1.165) is 0 Å². The highest BCUT2D eigenvalue weighted by molar-refractivity contribution is 6.05. The number of anilines is 2. The standard InChI is InChI=1S/C19H24N2O4/c1-4-23-16-10-13(11-17(24-5-2)18(16)25-6-3)19(22)21-15-9-7-8-14(20)12-15/h7-12H,4-6,20H2,1-3H3,(H,21,22). The van der Waals surface area contributed by atoms with Gasteiger partial charge in [-0.3, -0.25) is 4.79 Å². The van der Waals surface area contributed by atoms with Gasteiger partial charge in [-0.2, -0.15) is 0 Å². The van der Waals surface area contributed by atoms with Crippen molar-refractivity contribution in [3.8, 4) is 17.2 Å². The van der Waals surface area contributed by atoms with Gasteiger partial charge >= 0.3 is 0 Å². The van der Waals surface area contributed by atoms with Crippen molar-refractivity contribution >= 4 is 17.3 Å². The van der Waals surface area contributed by atoms with Gasteiger partial charge in [-0.1, -0.05) is 6.07 Å². The van der Waals surface area contributed by atoms with E-state index in [1.807, 2.05) is 20.8 Å². The summed E-state index contributed by atoms with van der Waals surface area (Å²) in [6.07, 6.45) is 0. The molecule has 6 heteroatoms. The van der Waals surface area contributed by atoms with Crippen LogP contribution in [-0.4, -0.2) is 25.7 Å². The van der Waals surface area contributed by atoms with Crippen molar-refractivity contribution < 1.29 is 19.0 Å². The van der Waals surface area contributed by atoms with Gasteiger partial charge in [0.1, 0.15) is 0 Å². The molecule has 2 aromatic rings. The molecule has 0 heterocycles. The van der Waals surface area contributed by atoms with E-state index in [1.165, 1.54) is 0 Å². The predicted molar refractivity (Wildman–Crippen MR) is 98.8 cm³/mol. The number of benzene rings is 2. The van der Waals surface area contributed by atoms with E-state index < -0.39 is 0 Å². The van der Waals surface area contributed by atoms with Gasteiger partial charge < -0.3 is 25.3 Å². The average molecular weight is 344 g/mol. The van der Waals surface area contributed by atoms with Crippen LogP contribution in [0.1, 0.15) is 31.1 Å². The molecule has 2 rings (SSSR count). The number of nitrogen functional groups attached to an aromatic ring is 1. The molecule has 0 aliphatic rings. The molecule has 0 atom stereocenters. The van der Waals surface area contributed by atoms with Crippen LogP contribution in [0.2, 0.25) is 0 Å². The SMILES string of the molecule is CCOc1cc(C(=O)Nc2cccc(N)c2)cc(OCC)c1OCC. The third kappa shape index (κ3) is 4.79. The fourth-order valence-corrected chi connectivity index (χ4v) is 2.34. The second-order valence-corrected chi connectivity index (χ2v) is 5.18. The number of amides is 1. The van der Waals surface area contributed by atoms with Crippen LogP contribution in [-0.2, 0) is 0 Å². The number of ether oxygens (including phenoxy) is 3. The maximum absolute atomic E-state index is 12.6. The molecule has 0 aromatic heterocycles. The van der Waals surface area contributed by atoms with Gasteiger partial charge in [0.25, 0.3) is 5.91 Å². The monoisotopic (exact) mass is 344 g/mol. The highest BCUT2D eigenvalue weighted by Gasteiger charge is 2.18. The lowest BCUT2D eigenvalue weighted by molar-refractivity contribution is 0.102. The molecular weight excluding hydrogens is 320 g/mol. The lowest BCUT2D eigenvalue weighted by Crippen LogP contribution is -2.13. The van der Waals surface area contributed by atoms with E-state index in [9.17, 15) is 4.79 Å². The Hall–Kier alpha value is -2.89. The molecule has 3 N–H and O–H groups in total. The van der Waals surface area contributed by atoms with E-state index >= 15 is 0 Å². The van der Waals surface area contributed by atoms with Crippen molar-refractivity contribution in [3.63, 3.8) is 0 Å². The summed E-state index contributed by atoms with van der Waals surface area (Å²) in [7, 11) is 0. The van der Waals surface area contributed by atoms with E-state index in [4.69, 9.17) is 19.9 Å². The minimum absolute atomic E-state index is 0.282. The van der Waals surface area contributed by atoms with Crippen molar-refractivity contribution in [2.24, 2.45) is 0 Å². The quantitative estimate of drug-likeness (QED) is 0.713. The van der Waals surface area contributed by atoms with Crippen molar-refractivity contribution in [2.75, 3.05) is 30.9 Å². The second kappa shape index (κ2) is 8.82. The molecular formula is C19H24N2O4. The lowest BCUT2D eigenvalue weighted by Gasteiger charge is -2.17. The van der Waals surface area contributed by atoms with Crippen LogP contribution >= 0.6 is 0 Å². The molecule has 0 aliphatic heterocycles. The summed E-state index contributed by atoms with van der Waals surface area (Å²) in [5.74, 6) is 1.18. The Balaban J connectivity index is 2.36. The zero-order chi connectivity index (χ0) is 18.2. The minimum Gasteiger partial charge on any atom is -0.490 e. The number of rotatable bonds is 8. The summed E-state index contributed by atoms with van der Waals surface area (Å²) in [4.78, 5) is 12.6. The molecule has 0 saturated heterocycles. The molecule has 0 unspecified atom stereocenters. The maximum Gasteiger partial charge on any atom is 0.255 e. The fraction of sp³-hybridized carbons (Fsp3) is 0.316. The Morgan fingerprint density at radius 1 is 0.960 bits per heavy atom. The number of nitrogens with one attached hydrogen (secondary N) is 1. The summed E-state index contributed by atoms with van der Waals surface area (Å²) in [5.41, 5.74) is 7.36. The first-order chi connectivity index (χ1) is 12.1. The number of hydrogen-bond donors (Lipinski definition) is 2. The van der Waals surface area contributed by atoms with Gasteiger partial charge in [0, 0.05) is 16.9 Å². The number of carbonyl (C=O) groups excluding carboxylic acids is 1. The average Bonchev–Trinajstić information content (AvgIpc) is 2.58. The van der Waals surface area contributed by atoms with Crippen molar-refractivity contribution in [3.05, 3.63) is 42.0 Å². The van der Waals surface area contributed by atoms with Crippen LogP contribution < -0.4 is 25.3 Å². The smallest absolute Gasteiger partial charge is 0.255 e. The normalized spacial score (nSPS) is 10.2. The topological polar surface area (TPSA) is 82.8 Å². The summed E-state index contributed by atoms with van der Waals surface area (Å²) in [5, 5.41) is 2.82. The molecule has 0 spiro atoms. The summed E-state index contributed by atoms with van der Waals surface area (Å²) in [6.45, 7) is 6.99. The molecule has 0 fully saturated rings. The molecule has 134 valence electrons. The number of carbonyl (C=O) groups is 1. The second-order valence-electron chi connectivity index (χ2n) is 5.18. The molecule has 0 saturated carbocycles. The van der Waals surface area contributed by atoms with Gasteiger partial charge in [-0.15, -0.1) is 0 Å². The third-order valence-electron chi connectivity index (χ3n) is 3.32. The first kappa shape index (κ1) is 18.4. The van der Waals surface area contributed by atoms with Crippen LogP contribution in [0.3, 0.4) is 0 Å². The fourth-order valence-electron chi connectivity index (χ4n) is 2.34. The Morgan fingerprint density at radius 3 is 2.08 bits per heavy atom.